The Bertz CT molecular complexity index is 1310. The first-order valence-electron chi connectivity index (χ1n) is 12.7. The average Bonchev–Trinajstić information content (AvgIpc) is 3.39. The van der Waals surface area contributed by atoms with Crippen LogP contribution in [0.15, 0.2) is 66.7 Å². The van der Waals surface area contributed by atoms with Crippen molar-refractivity contribution < 1.29 is 9.47 Å². The highest BCUT2D eigenvalue weighted by molar-refractivity contribution is 5.56. The van der Waals surface area contributed by atoms with Gasteiger partial charge in [-0.15, -0.1) is 5.10 Å². The van der Waals surface area contributed by atoms with Crippen LogP contribution in [0, 0.1) is 13.8 Å². The molecule has 0 N–H and O–H groups in total. The summed E-state index contributed by atoms with van der Waals surface area (Å²) in [6.07, 6.45) is 0. The zero-order valence-corrected chi connectivity index (χ0v) is 22.0. The van der Waals surface area contributed by atoms with Gasteiger partial charge >= 0.3 is 0 Å². The van der Waals surface area contributed by atoms with E-state index in [-0.39, 0.29) is 6.04 Å². The van der Waals surface area contributed by atoms with Gasteiger partial charge in [0, 0.05) is 31.9 Å². The van der Waals surface area contributed by atoms with E-state index in [0.29, 0.717) is 6.54 Å². The van der Waals surface area contributed by atoms with E-state index in [0.717, 1.165) is 54.6 Å². The van der Waals surface area contributed by atoms with Gasteiger partial charge in [0.15, 0.2) is 5.82 Å². The van der Waals surface area contributed by atoms with E-state index in [2.05, 4.69) is 81.6 Å². The van der Waals surface area contributed by atoms with Crippen molar-refractivity contribution in [3.63, 3.8) is 0 Å². The summed E-state index contributed by atoms with van der Waals surface area (Å²) >= 11 is 0. The summed E-state index contributed by atoms with van der Waals surface area (Å²) in [4.78, 5) is 4.98. The minimum atomic E-state index is -0.0695. The van der Waals surface area contributed by atoms with Crippen molar-refractivity contribution in [1.82, 2.24) is 25.1 Å². The molecule has 1 aromatic heterocycles. The zero-order valence-electron chi connectivity index (χ0n) is 22.0. The number of benzene rings is 3. The van der Waals surface area contributed by atoms with E-state index in [1.165, 1.54) is 16.8 Å². The first-order valence-corrected chi connectivity index (χ1v) is 12.7. The summed E-state index contributed by atoms with van der Waals surface area (Å²) in [5.41, 5.74) is 6.26. The molecular weight excluding hydrogens is 464 g/mol. The number of tetrazole rings is 1. The smallest absolute Gasteiger partial charge is 0.173 e. The number of nitrogens with zero attached hydrogens (tertiary/aromatic N) is 6. The fraction of sp³-hybridized carbons (Fsp3) is 0.345. The Balaban J connectivity index is 1.42. The Morgan fingerprint density at radius 3 is 2.11 bits per heavy atom. The lowest BCUT2D eigenvalue weighted by Crippen LogP contribution is -2.48. The van der Waals surface area contributed by atoms with E-state index in [9.17, 15) is 0 Å². The van der Waals surface area contributed by atoms with Crippen molar-refractivity contribution in [3.05, 3.63) is 94.8 Å². The highest BCUT2D eigenvalue weighted by atomic mass is 16.5. The summed E-state index contributed by atoms with van der Waals surface area (Å²) in [6, 6.07) is 22.8. The maximum absolute atomic E-state index is 5.41. The highest BCUT2D eigenvalue weighted by Crippen LogP contribution is 2.31. The number of ether oxygens (including phenoxy) is 2. The molecule has 1 saturated heterocycles. The monoisotopic (exact) mass is 498 g/mol. The quantitative estimate of drug-likeness (QED) is 0.359. The number of aryl methyl sites for hydroxylation is 1. The predicted octanol–water partition coefficient (Wildman–Crippen LogP) is 4.27. The van der Waals surface area contributed by atoms with Crippen molar-refractivity contribution in [3.8, 4) is 11.5 Å². The molecule has 8 nitrogen and oxygen atoms in total. The molecular formula is C29H34N6O2. The van der Waals surface area contributed by atoms with Gasteiger partial charge < -0.3 is 14.4 Å². The van der Waals surface area contributed by atoms with Crippen LogP contribution in [0.4, 0.5) is 5.69 Å². The van der Waals surface area contributed by atoms with Crippen molar-refractivity contribution in [1.29, 1.82) is 0 Å². The topological polar surface area (TPSA) is 68.5 Å². The third kappa shape index (κ3) is 5.29. The van der Waals surface area contributed by atoms with E-state index in [1.807, 2.05) is 28.9 Å². The molecule has 4 aromatic rings. The number of hydrogen-bond donors (Lipinski definition) is 0. The standard InChI is InChI=1S/C29H34N6O2/c1-21-6-5-7-27(22(21)2)33-16-18-34(19-17-33)28(24-10-14-26(37-4)15-11-24)29-30-31-32-35(29)20-23-8-12-25(36-3)13-9-23/h5-15,28H,16-20H2,1-4H3. The first kappa shape index (κ1) is 24.8. The third-order valence-corrected chi connectivity index (χ3v) is 7.32. The average molecular weight is 499 g/mol. The Morgan fingerprint density at radius 2 is 1.46 bits per heavy atom. The van der Waals surface area contributed by atoms with Crippen LogP contribution in [0.1, 0.15) is 34.1 Å². The lowest BCUT2D eigenvalue weighted by molar-refractivity contribution is 0.201. The second-order valence-electron chi connectivity index (χ2n) is 9.46. The summed E-state index contributed by atoms with van der Waals surface area (Å²) in [5, 5.41) is 13.0. The summed E-state index contributed by atoms with van der Waals surface area (Å²) in [5.74, 6) is 2.50. The number of aromatic nitrogens is 4. The molecule has 0 spiro atoms. The molecule has 192 valence electrons. The van der Waals surface area contributed by atoms with Crippen LogP contribution < -0.4 is 14.4 Å². The number of piperazine rings is 1. The summed E-state index contributed by atoms with van der Waals surface area (Å²) < 4.78 is 12.6. The molecule has 5 rings (SSSR count). The van der Waals surface area contributed by atoms with Gasteiger partial charge in [0.2, 0.25) is 0 Å². The second kappa shape index (κ2) is 11.0. The predicted molar refractivity (Wildman–Crippen MR) is 144 cm³/mol. The lowest BCUT2D eigenvalue weighted by Gasteiger charge is -2.40. The largest absolute Gasteiger partial charge is 0.497 e. The number of rotatable bonds is 8. The van der Waals surface area contributed by atoms with E-state index < -0.39 is 0 Å². The third-order valence-electron chi connectivity index (χ3n) is 7.32. The molecule has 1 fully saturated rings. The molecule has 0 aliphatic carbocycles. The van der Waals surface area contributed by atoms with Crippen LogP contribution in [0.3, 0.4) is 0 Å². The van der Waals surface area contributed by atoms with Crippen LogP contribution in [0.5, 0.6) is 11.5 Å². The molecule has 37 heavy (non-hydrogen) atoms. The van der Waals surface area contributed by atoms with Gasteiger partial charge in [-0.2, -0.15) is 0 Å². The Morgan fingerprint density at radius 1 is 0.811 bits per heavy atom. The molecule has 0 bridgehead atoms. The van der Waals surface area contributed by atoms with E-state index >= 15 is 0 Å². The van der Waals surface area contributed by atoms with Crippen molar-refractivity contribution in [2.75, 3.05) is 45.3 Å². The fourth-order valence-corrected chi connectivity index (χ4v) is 5.03. The van der Waals surface area contributed by atoms with Gasteiger partial charge in [0.05, 0.1) is 26.8 Å². The normalized spacial score (nSPS) is 15.0. The van der Waals surface area contributed by atoms with Crippen LogP contribution in [0.2, 0.25) is 0 Å². The Kier molecular flexibility index (Phi) is 7.37. The van der Waals surface area contributed by atoms with Crippen LogP contribution in [-0.2, 0) is 6.54 Å². The molecule has 3 aromatic carbocycles. The van der Waals surface area contributed by atoms with Crippen molar-refractivity contribution in [2.24, 2.45) is 0 Å². The summed E-state index contributed by atoms with van der Waals surface area (Å²) in [7, 11) is 3.36. The highest BCUT2D eigenvalue weighted by Gasteiger charge is 2.31. The van der Waals surface area contributed by atoms with Gasteiger partial charge in [-0.05, 0) is 76.9 Å². The van der Waals surface area contributed by atoms with Crippen LogP contribution in [-0.4, -0.2) is 65.5 Å². The molecule has 0 radical (unpaired) electrons. The van der Waals surface area contributed by atoms with Crippen molar-refractivity contribution in [2.45, 2.75) is 26.4 Å². The number of methoxy groups -OCH3 is 2. The minimum absolute atomic E-state index is 0.0695. The van der Waals surface area contributed by atoms with Gasteiger partial charge in [0.25, 0.3) is 0 Å². The SMILES string of the molecule is COc1ccc(Cn2nnnc2C(c2ccc(OC)cc2)N2CCN(c3cccc(C)c3C)CC2)cc1. The Hall–Kier alpha value is -3.91. The van der Waals surface area contributed by atoms with Crippen molar-refractivity contribution >= 4 is 5.69 Å². The van der Waals surface area contributed by atoms with Crippen LogP contribution in [0.25, 0.3) is 0 Å². The van der Waals surface area contributed by atoms with E-state index in [1.54, 1.807) is 14.2 Å². The zero-order chi connectivity index (χ0) is 25.8. The molecule has 0 saturated carbocycles. The van der Waals surface area contributed by atoms with Gasteiger partial charge in [-0.25, -0.2) is 4.68 Å². The number of hydrogen-bond acceptors (Lipinski definition) is 7. The molecule has 1 aliphatic rings. The molecule has 2 heterocycles. The lowest BCUT2D eigenvalue weighted by atomic mass is 10.0. The molecule has 1 unspecified atom stereocenters. The van der Waals surface area contributed by atoms with Gasteiger partial charge in [0.1, 0.15) is 11.5 Å². The maximum Gasteiger partial charge on any atom is 0.173 e. The molecule has 0 amide bonds. The molecule has 8 heteroatoms. The van der Waals surface area contributed by atoms with E-state index in [4.69, 9.17) is 9.47 Å². The minimum Gasteiger partial charge on any atom is -0.497 e. The maximum atomic E-state index is 5.41. The van der Waals surface area contributed by atoms with Gasteiger partial charge in [-0.3, -0.25) is 4.90 Å². The molecule has 1 aliphatic heterocycles. The number of anilines is 1. The fourth-order valence-electron chi connectivity index (χ4n) is 5.03. The van der Waals surface area contributed by atoms with Gasteiger partial charge in [-0.1, -0.05) is 36.4 Å². The second-order valence-corrected chi connectivity index (χ2v) is 9.46. The Labute approximate surface area is 218 Å². The first-order chi connectivity index (χ1) is 18.1. The van der Waals surface area contributed by atoms with Crippen LogP contribution >= 0.6 is 0 Å². The summed E-state index contributed by atoms with van der Waals surface area (Å²) in [6.45, 7) is 8.66. The molecule has 1 atom stereocenters.